The van der Waals surface area contributed by atoms with Gasteiger partial charge in [0.1, 0.15) is 5.76 Å². The van der Waals surface area contributed by atoms with Gasteiger partial charge in [0.25, 0.3) is 0 Å². The van der Waals surface area contributed by atoms with Crippen LogP contribution in [0.3, 0.4) is 0 Å². The molecule has 20 heavy (non-hydrogen) atoms. The zero-order chi connectivity index (χ0) is 14.5. The van der Waals surface area contributed by atoms with E-state index >= 15 is 0 Å². The highest BCUT2D eigenvalue weighted by Gasteiger charge is 2.26. The molecule has 1 aliphatic rings. The molecule has 0 aliphatic carbocycles. The predicted octanol–water partition coefficient (Wildman–Crippen LogP) is 1.16. The summed E-state index contributed by atoms with van der Waals surface area (Å²) in [5.74, 6) is -0.448. The first-order valence-electron chi connectivity index (χ1n) is 6.44. The average molecular weight is 282 g/mol. The average Bonchev–Trinajstić information content (AvgIpc) is 3.05. The number of aromatic carboxylic acids is 1. The Bertz CT molecular complexity index is 485. The molecule has 0 spiro atoms. The van der Waals surface area contributed by atoms with Crippen LogP contribution in [0.5, 0.6) is 0 Å². The summed E-state index contributed by atoms with van der Waals surface area (Å²) in [6.45, 7) is 2.22. The molecule has 1 aliphatic heterocycles. The third-order valence-electron chi connectivity index (χ3n) is 3.26. The van der Waals surface area contributed by atoms with Gasteiger partial charge >= 0.3 is 12.0 Å². The molecule has 7 heteroatoms. The summed E-state index contributed by atoms with van der Waals surface area (Å²) in [4.78, 5) is 24.3. The smallest absolute Gasteiger partial charge is 0.371 e. The third-order valence-corrected chi connectivity index (χ3v) is 3.26. The van der Waals surface area contributed by atoms with Gasteiger partial charge in [-0.3, -0.25) is 0 Å². The Morgan fingerprint density at radius 3 is 3.00 bits per heavy atom. The van der Waals surface area contributed by atoms with E-state index in [9.17, 15) is 9.59 Å². The standard InChI is InChI=1S/C13H18N2O5/c1-19-8-9-4-5-15(7-9)13(18)14-6-10-2-3-11(20-10)12(16)17/h2-3,9H,4-8H2,1H3,(H,14,18)(H,16,17). The summed E-state index contributed by atoms with van der Waals surface area (Å²) in [6, 6.07) is 2.74. The first-order valence-corrected chi connectivity index (χ1v) is 6.44. The van der Waals surface area contributed by atoms with Gasteiger partial charge in [0, 0.05) is 26.1 Å². The van der Waals surface area contributed by atoms with Crippen LogP contribution in [0.2, 0.25) is 0 Å². The molecule has 0 radical (unpaired) electrons. The van der Waals surface area contributed by atoms with Crippen LogP contribution in [-0.2, 0) is 11.3 Å². The van der Waals surface area contributed by atoms with Crippen molar-refractivity contribution in [3.05, 3.63) is 23.7 Å². The van der Waals surface area contributed by atoms with Gasteiger partial charge in [0.15, 0.2) is 0 Å². The first kappa shape index (κ1) is 14.4. The first-order chi connectivity index (χ1) is 9.60. The van der Waals surface area contributed by atoms with Crippen LogP contribution >= 0.6 is 0 Å². The molecule has 1 saturated heterocycles. The fraction of sp³-hybridized carbons (Fsp3) is 0.538. The van der Waals surface area contributed by atoms with Crippen molar-refractivity contribution in [2.45, 2.75) is 13.0 Å². The summed E-state index contributed by atoms with van der Waals surface area (Å²) in [5.41, 5.74) is 0. The number of carboxylic acid groups (broad SMARTS) is 1. The maximum Gasteiger partial charge on any atom is 0.371 e. The largest absolute Gasteiger partial charge is 0.475 e. The van der Waals surface area contributed by atoms with Gasteiger partial charge in [0.05, 0.1) is 13.2 Å². The number of nitrogens with zero attached hydrogens (tertiary/aromatic N) is 1. The molecule has 0 aromatic carbocycles. The van der Waals surface area contributed by atoms with Crippen molar-refractivity contribution in [3.63, 3.8) is 0 Å². The SMILES string of the molecule is COCC1CCN(C(=O)NCc2ccc(C(=O)O)o2)C1. The Labute approximate surface area is 116 Å². The van der Waals surface area contributed by atoms with Gasteiger partial charge in [-0.25, -0.2) is 9.59 Å². The molecule has 1 aromatic heterocycles. The van der Waals surface area contributed by atoms with Crippen molar-refractivity contribution in [1.82, 2.24) is 10.2 Å². The summed E-state index contributed by atoms with van der Waals surface area (Å²) < 4.78 is 10.1. The predicted molar refractivity (Wildman–Crippen MR) is 69.5 cm³/mol. The molecule has 0 bridgehead atoms. The number of furan rings is 1. The molecular formula is C13H18N2O5. The van der Waals surface area contributed by atoms with Crippen LogP contribution in [0.25, 0.3) is 0 Å². The number of amides is 2. The van der Waals surface area contributed by atoms with Crippen LogP contribution < -0.4 is 5.32 Å². The van der Waals surface area contributed by atoms with Crippen molar-refractivity contribution in [2.75, 3.05) is 26.8 Å². The molecule has 2 N–H and O–H groups in total. The fourth-order valence-corrected chi connectivity index (χ4v) is 2.25. The lowest BCUT2D eigenvalue weighted by atomic mass is 10.1. The maximum atomic E-state index is 11.9. The number of hydrogen-bond acceptors (Lipinski definition) is 4. The lowest BCUT2D eigenvalue weighted by Crippen LogP contribution is -2.38. The zero-order valence-corrected chi connectivity index (χ0v) is 11.3. The highest BCUT2D eigenvalue weighted by atomic mass is 16.5. The van der Waals surface area contributed by atoms with Crippen LogP contribution in [0.1, 0.15) is 22.7 Å². The van der Waals surface area contributed by atoms with Gasteiger partial charge in [-0.1, -0.05) is 0 Å². The van der Waals surface area contributed by atoms with Gasteiger partial charge in [0.2, 0.25) is 5.76 Å². The number of carbonyl (C=O) groups is 2. The number of urea groups is 1. The highest BCUT2D eigenvalue weighted by molar-refractivity contribution is 5.84. The van der Waals surface area contributed by atoms with Crippen molar-refractivity contribution in [3.8, 4) is 0 Å². The Morgan fingerprint density at radius 1 is 1.55 bits per heavy atom. The van der Waals surface area contributed by atoms with Gasteiger partial charge < -0.3 is 24.5 Å². The second kappa shape index (κ2) is 6.42. The van der Waals surface area contributed by atoms with Crippen LogP contribution in [0.4, 0.5) is 4.79 Å². The summed E-state index contributed by atoms with van der Waals surface area (Å²) in [6.07, 6.45) is 0.936. The number of ether oxygens (including phenoxy) is 1. The Balaban J connectivity index is 1.79. The van der Waals surface area contributed by atoms with E-state index < -0.39 is 5.97 Å². The molecule has 1 atom stereocenters. The number of likely N-dealkylation sites (tertiary alicyclic amines) is 1. The molecular weight excluding hydrogens is 264 g/mol. The molecule has 2 amide bonds. The Hall–Kier alpha value is -2.02. The van der Waals surface area contributed by atoms with Crippen molar-refractivity contribution < 1.29 is 23.8 Å². The molecule has 0 saturated carbocycles. The van der Waals surface area contributed by atoms with Gasteiger partial charge in [-0.05, 0) is 18.6 Å². The van der Waals surface area contributed by atoms with Crippen LogP contribution in [-0.4, -0.2) is 48.8 Å². The molecule has 110 valence electrons. The zero-order valence-electron chi connectivity index (χ0n) is 11.3. The molecule has 1 fully saturated rings. The Morgan fingerprint density at radius 2 is 2.35 bits per heavy atom. The fourth-order valence-electron chi connectivity index (χ4n) is 2.25. The monoisotopic (exact) mass is 282 g/mol. The van der Waals surface area contributed by atoms with Crippen LogP contribution in [0, 0.1) is 5.92 Å². The Kier molecular flexibility index (Phi) is 4.62. The number of carbonyl (C=O) groups excluding carboxylic acids is 1. The quantitative estimate of drug-likeness (QED) is 0.845. The van der Waals surface area contributed by atoms with Crippen LogP contribution in [0.15, 0.2) is 16.5 Å². The van der Waals surface area contributed by atoms with E-state index in [2.05, 4.69) is 5.32 Å². The van der Waals surface area contributed by atoms with Gasteiger partial charge in [-0.2, -0.15) is 0 Å². The normalized spacial score (nSPS) is 18.2. The lowest BCUT2D eigenvalue weighted by Gasteiger charge is -2.16. The second-order valence-corrected chi connectivity index (χ2v) is 4.79. The minimum Gasteiger partial charge on any atom is -0.475 e. The number of methoxy groups -OCH3 is 1. The lowest BCUT2D eigenvalue weighted by molar-refractivity contribution is 0.0660. The molecule has 2 rings (SSSR count). The van der Waals surface area contributed by atoms with E-state index in [1.54, 1.807) is 18.1 Å². The van der Waals surface area contributed by atoms with E-state index in [1.165, 1.54) is 6.07 Å². The van der Waals surface area contributed by atoms with E-state index in [4.69, 9.17) is 14.3 Å². The van der Waals surface area contributed by atoms with Crippen molar-refractivity contribution in [2.24, 2.45) is 5.92 Å². The summed E-state index contributed by atoms with van der Waals surface area (Å²) >= 11 is 0. The van der Waals surface area contributed by atoms with Gasteiger partial charge in [-0.15, -0.1) is 0 Å². The van der Waals surface area contributed by atoms with E-state index in [-0.39, 0.29) is 18.3 Å². The molecule has 7 nitrogen and oxygen atoms in total. The summed E-state index contributed by atoms with van der Waals surface area (Å²) in [5, 5.41) is 11.4. The van der Waals surface area contributed by atoms with E-state index in [0.717, 1.165) is 6.42 Å². The van der Waals surface area contributed by atoms with Crippen molar-refractivity contribution >= 4 is 12.0 Å². The number of hydrogen-bond donors (Lipinski definition) is 2. The van der Waals surface area contributed by atoms with E-state index in [1.807, 2.05) is 0 Å². The number of nitrogens with one attached hydrogen (secondary N) is 1. The minimum atomic E-state index is -1.12. The summed E-state index contributed by atoms with van der Waals surface area (Å²) in [7, 11) is 1.65. The third kappa shape index (κ3) is 3.51. The van der Waals surface area contributed by atoms with E-state index in [0.29, 0.717) is 31.4 Å². The molecule has 1 aromatic rings. The topological polar surface area (TPSA) is 92.0 Å². The molecule has 1 unspecified atom stereocenters. The number of carboxylic acids is 1. The number of rotatable bonds is 5. The minimum absolute atomic E-state index is 0.129. The maximum absolute atomic E-state index is 11.9. The second-order valence-electron chi connectivity index (χ2n) is 4.79. The molecule has 2 heterocycles. The highest BCUT2D eigenvalue weighted by Crippen LogP contribution is 2.16. The van der Waals surface area contributed by atoms with Crippen molar-refractivity contribution in [1.29, 1.82) is 0 Å².